The fourth-order valence-electron chi connectivity index (χ4n) is 2.22. The van der Waals surface area contributed by atoms with Crippen LogP contribution in [0.1, 0.15) is 39.5 Å². The second-order valence-electron chi connectivity index (χ2n) is 4.94. The van der Waals surface area contributed by atoms with Crippen LogP contribution in [0.3, 0.4) is 0 Å². The van der Waals surface area contributed by atoms with Gasteiger partial charge in [-0.15, -0.1) is 0 Å². The van der Waals surface area contributed by atoms with Gasteiger partial charge in [-0.1, -0.05) is 20.3 Å². The van der Waals surface area contributed by atoms with Crippen molar-refractivity contribution in [3.05, 3.63) is 0 Å². The summed E-state index contributed by atoms with van der Waals surface area (Å²) >= 11 is 0. The number of hydrogen-bond donors (Lipinski definition) is 3. The van der Waals surface area contributed by atoms with Crippen LogP contribution in [0.2, 0.25) is 0 Å². The van der Waals surface area contributed by atoms with Crippen molar-refractivity contribution in [1.82, 2.24) is 10.2 Å². The predicted octanol–water partition coefficient (Wildman–Crippen LogP) is -0.365. The Kier molecular flexibility index (Phi) is 6.24. The monoisotopic (exact) mass is 272 g/mol. The van der Waals surface area contributed by atoms with Crippen molar-refractivity contribution in [2.24, 2.45) is 0 Å². The molecular weight excluding hydrogens is 248 g/mol. The van der Waals surface area contributed by atoms with Gasteiger partial charge in [-0.3, -0.25) is 9.59 Å². The first-order valence-corrected chi connectivity index (χ1v) is 6.96. The Bertz CT molecular complexity index is 322. The molecule has 19 heavy (non-hydrogen) atoms. The van der Waals surface area contributed by atoms with Crippen molar-refractivity contribution in [3.8, 4) is 0 Å². The third-order valence-corrected chi connectivity index (χ3v) is 3.32. The van der Waals surface area contributed by atoms with Gasteiger partial charge in [0.15, 0.2) is 0 Å². The molecule has 0 aromatic heterocycles. The maximum Gasteiger partial charge on any atom is 0.245 e. The van der Waals surface area contributed by atoms with Crippen molar-refractivity contribution in [2.75, 3.05) is 13.1 Å². The second-order valence-corrected chi connectivity index (χ2v) is 4.94. The predicted molar refractivity (Wildman–Crippen MR) is 70.3 cm³/mol. The summed E-state index contributed by atoms with van der Waals surface area (Å²) in [6, 6.07) is -0.967. The summed E-state index contributed by atoms with van der Waals surface area (Å²) in [4.78, 5) is 25.2. The molecule has 1 rings (SSSR count). The molecule has 6 nitrogen and oxygen atoms in total. The van der Waals surface area contributed by atoms with Crippen molar-refractivity contribution in [3.63, 3.8) is 0 Å². The summed E-state index contributed by atoms with van der Waals surface area (Å²) < 4.78 is 0. The quantitative estimate of drug-likeness (QED) is 0.576. The molecule has 3 N–H and O–H groups in total. The molecule has 1 heterocycles. The van der Waals surface area contributed by atoms with Gasteiger partial charge in [-0.25, -0.2) is 0 Å². The lowest BCUT2D eigenvalue weighted by Crippen LogP contribution is -2.50. The Hall–Kier alpha value is -1.14. The zero-order chi connectivity index (χ0) is 14.4. The molecule has 0 radical (unpaired) electrons. The highest BCUT2D eigenvalue weighted by Gasteiger charge is 2.45. The highest BCUT2D eigenvalue weighted by molar-refractivity contribution is 5.89. The van der Waals surface area contributed by atoms with E-state index in [0.29, 0.717) is 19.4 Å². The molecule has 3 atom stereocenters. The first-order valence-electron chi connectivity index (χ1n) is 6.96. The molecule has 6 heteroatoms. The molecule has 1 aliphatic rings. The number of hydrogen-bond acceptors (Lipinski definition) is 4. The molecule has 2 amide bonds. The van der Waals surface area contributed by atoms with E-state index in [1.54, 1.807) is 0 Å². The van der Waals surface area contributed by atoms with Crippen molar-refractivity contribution < 1.29 is 19.8 Å². The number of aliphatic hydroxyl groups excluding tert-OH is 2. The first kappa shape index (κ1) is 15.9. The Morgan fingerprint density at radius 1 is 1.26 bits per heavy atom. The van der Waals surface area contributed by atoms with Crippen LogP contribution in [-0.4, -0.2) is 58.3 Å². The number of nitrogens with one attached hydrogen (secondary N) is 1. The SMILES string of the molecule is CCCCNC(=O)C1[C@H](O)[C@@H](O)CN1C(=O)CCC. The molecule has 0 spiro atoms. The third-order valence-electron chi connectivity index (χ3n) is 3.32. The zero-order valence-electron chi connectivity index (χ0n) is 11.6. The van der Waals surface area contributed by atoms with Crippen LogP contribution < -0.4 is 5.32 Å². The van der Waals surface area contributed by atoms with E-state index in [1.165, 1.54) is 4.90 Å². The van der Waals surface area contributed by atoms with Gasteiger partial charge in [-0.2, -0.15) is 0 Å². The van der Waals surface area contributed by atoms with Gasteiger partial charge in [0.25, 0.3) is 0 Å². The molecule has 1 unspecified atom stereocenters. The Labute approximate surface area is 113 Å². The molecule has 0 aromatic rings. The van der Waals surface area contributed by atoms with Crippen LogP contribution in [0.5, 0.6) is 0 Å². The van der Waals surface area contributed by atoms with Gasteiger partial charge in [0.05, 0.1) is 12.6 Å². The minimum atomic E-state index is -1.21. The molecule has 1 aliphatic heterocycles. The van der Waals surface area contributed by atoms with E-state index in [0.717, 1.165) is 12.8 Å². The number of carbonyl (C=O) groups excluding carboxylic acids is 2. The summed E-state index contributed by atoms with van der Waals surface area (Å²) in [5.74, 6) is -0.587. The van der Waals surface area contributed by atoms with E-state index < -0.39 is 18.2 Å². The maximum atomic E-state index is 12.0. The smallest absolute Gasteiger partial charge is 0.245 e. The average Bonchev–Trinajstić information content (AvgIpc) is 2.66. The second kappa shape index (κ2) is 7.45. The fourth-order valence-corrected chi connectivity index (χ4v) is 2.22. The largest absolute Gasteiger partial charge is 0.388 e. The fraction of sp³-hybridized carbons (Fsp3) is 0.846. The minimum Gasteiger partial charge on any atom is -0.388 e. The molecule has 1 fully saturated rings. The molecule has 1 saturated heterocycles. The van der Waals surface area contributed by atoms with Crippen LogP contribution in [0.15, 0.2) is 0 Å². The van der Waals surface area contributed by atoms with Gasteiger partial charge in [-0.05, 0) is 12.8 Å². The van der Waals surface area contributed by atoms with E-state index in [1.807, 2.05) is 13.8 Å². The molecule has 0 bridgehead atoms. The van der Waals surface area contributed by atoms with Crippen molar-refractivity contribution >= 4 is 11.8 Å². The normalized spacial score (nSPS) is 26.5. The Balaban J connectivity index is 2.68. The molecule has 110 valence electrons. The van der Waals surface area contributed by atoms with Gasteiger partial charge in [0.1, 0.15) is 12.1 Å². The minimum absolute atomic E-state index is 0.0197. The number of likely N-dealkylation sites (tertiary alicyclic amines) is 1. The van der Waals surface area contributed by atoms with Gasteiger partial charge >= 0.3 is 0 Å². The van der Waals surface area contributed by atoms with Gasteiger partial charge in [0, 0.05) is 13.0 Å². The van der Waals surface area contributed by atoms with E-state index in [9.17, 15) is 19.8 Å². The van der Waals surface area contributed by atoms with Crippen molar-refractivity contribution in [1.29, 1.82) is 0 Å². The lowest BCUT2D eigenvalue weighted by molar-refractivity contribution is -0.140. The number of unbranched alkanes of at least 4 members (excludes halogenated alkanes) is 1. The average molecular weight is 272 g/mol. The first-order chi connectivity index (χ1) is 9.02. The van der Waals surface area contributed by atoms with E-state index in [4.69, 9.17) is 0 Å². The lowest BCUT2D eigenvalue weighted by atomic mass is 10.1. The van der Waals surface area contributed by atoms with Crippen molar-refractivity contribution in [2.45, 2.75) is 57.8 Å². The Morgan fingerprint density at radius 2 is 1.95 bits per heavy atom. The van der Waals surface area contributed by atoms with Crippen LogP contribution in [-0.2, 0) is 9.59 Å². The van der Waals surface area contributed by atoms with E-state index in [2.05, 4.69) is 5.32 Å². The number of nitrogens with zero attached hydrogens (tertiary/aromatic N) is 1. The number of aliphatic hydroxyl groups is 2. The summed E-state index contributed by atoms with van der Waals surface area (Å²) in [6.45, 7) is 4.42. The lowest BCUT2D eigenvalue weighted by Gasteiger charge is -2.25. The highest BCUT2D eigenvalue weighted by atomic mass is 16.3. The number of carbonyl (C=O) groups is 2. The standard InChI is InChI=1S/C13H24N2O4/c1-3-5-7-14-13(19)11-12(18)9(16)8-15(11)10(17)6-4-2/h9,11-12,16,18H,3-8H2,1-2H3,(H,14,19)/t9-,11?,12+/m0/s1. The summed E-state index contributed by atoms with van der Waals surface area (Å²) in [5.41, 5.74) is 0. The van der Waals surface area contributed by atoms with Crippen LogP contribution >= 0.6 is 0 Å². The van der Waals surface area contributed by atoms with E-state index in [-0.39, 0.29) is 18.4 Å². The van der Waals surface area contributed by atoms with E-state index >= 15 is 0 Å². The summed E-state index contributed by atoms with van der Waals surface area (Å²) in [5, 5.41) is 22.2. The molecule has 0 aliphatic carbocycles. The number of rotatable bonds is 6. The maximum absolute atomic E-state index is 12.0. The zero-order valence-corrected chi connectivity index (χ0v) is 11.6. The van der Waals surface area contributed by atoms with Crippen LogP contribution in [0.25, 0.3) is 0 Å². The molecule has 0 aromatic carbocycles. The third kappa shape index (κ3) is 3.91. The highest BCUT2D eigenvalue weighted by Crippen LogP contribution is 2.20. The number of amides is 2. The van der Waals surface area contributed by atoms with Gasteiger partial charge in [0.2, 0.25) is 11.8 Å². The van der Waals surface area contributed by atoms with Gasteiger partial charge < -0.3 is 20.4 Å². The molecule has 0 saturated carbocycles. The van der Waals surface area contributed by atoms with Crippen LogP contribution in [0.4, 0.5) is 0 Å². The Morgan fingerprint density at radius 3 is 2.53 bits per heavy atom. The number of β-amino-alcohol motifs (C(OH)–C–C–N with tert-alkyl or cyclic N) is 1. The summed E-state index contributed by atoms with van der Waals surface area (Å²) in [6.07, 6.45) is 0.531. The van der Waals surface area contributed by atoms with Crippen LogP contribution in [0, 0.1) is 0 Å². The molecular formula is C13H24N2O4. The summed E-state index contributed by atoms with van der Waals surface area (Å²) in [7, 11) is 0. The topological polar surface area (TPSA) is 89.9 Å².